The lowest BCUT2D eigenvalue weighted by atomic mass is 10.2. The smallest absolute Gasteiger partial charge is 0.235 e. The molecule has 1 saturated heterocycles. The molecule has 10 nitrogen and oxygen atoms in total. The Morgan fingerprint density at radius 1 is 1.10 bits per heavy atom. The Kier molecular flexibility index (Phi) is 5.70. The molecule has 11 heteroatoms. The highest BCUT2D eigenvalue weighted by Crippen LogP contribution is 2.21. The van der Waals surface area contributed by atoms with Gasteiger partial charge in [0.1, 0.15) is 5.82 Å². The number of pyridine rings is 1. The first-order valence-electron chi connectivity index (χ1n) is 9.83. The lowest BCUT2D eigenvalue weighted by Crippen LogP contribution is -2.45. The van der Waals surface area contributed by atoms with Crippen LogP contribution in [0.25, 0.3) is 0 Å². The van der Waals surface area contributed by atoms with Gasteiger partial charge in [0.2, 0.25) is 17.8 Å². The average molecular weight is 412 g/mol. The van der Waals surface area contributed by atoms with Crippen molar-refractivity contribution in [2.24, 2.45) is 0 Å². The molecule has 0 amide bonds. The second kappa shape index (κ2) is 8.57. The van der Waals surface area contributed by atoms with Gasteiger partial charge in [0.05, 0.1) is 17.9 Å². The average Bonchev–Trinajstić information content (AvgIpc) is 3.13. The SMILES string of the molecule is Cc1cc(Nc2nc(N[C@@H](C)c3ccc(F)cn3)nc(N3CCN(C)CC3)n2)n[nH]1. The molecule has 1 fully saturated rings. The Morgan fingerprint density at radius 2 is 1.87 bits per heavy atom. The summed E-state index contributed by atoms with van der Waals surface area (Å²) in [7, 11) is 2.10. The summed E-state index contributed by atoms with van der Waals surface area (Å²) in [5.41, 5.74) is 1.62. The first-order valence-corrected chi connectivity index (χ1v) is 9.83. The maximum absolute atomic E-state index is 13.2. The van der Waals surface area contributed by atoms with Crippen LogP contribution in [0, 0.1) is 12.7 Å². The molecule has 1 aliphatic heterocycles. The van der Waals surface area contributed by atoms with Gasteiger partial charge in [-0.15, -0.1) is 0 Å². The fraction of sp³-hybridized carbons (Fsp3) is 0.421. The number of anilines is 4. The highest BCUT2D eigenvalue weighted by atomic mass is 19.1. The zero-order valence-corrected chi connectivity index (χ0v) is 17.2. The van der Waals surface area contributed by atoms with Crippen molar-refractivity contribution in [3.05, 3.63) is 41.6 Å². The summed E-state index contributed by atoms with van der Waals surface area (Å²) < 4.78 is 13.2. The van der Waals surface area contributed by atoms with Crippen LogP contribution >= 0.6 is 0 Å². The third kappa shape index (κ3) is 4.79. The maximum Gasteiger partial charge on any atom is 0.235 e. The molecule has 0 radical (unpaired) electrons. The molecule has 0 aromatic carbocycles. The van der Waals surface area contributed by atoms with Crippen LogP contribution in [0.5, 0.6) is 0 Å². The lowest BCUT2D eigenvalue weighted by molar-refractivity contribution is 0.311. The van der Waals surface area contributed by atoms with Gasteiger partial charge in [0.25, 0.3) is 0 Å². The summed E-state index contributed by atoms with van der Waals surface area (Å²) in [5.74, 6) is 1.65. The molecule has 0 unspecified atom stereocenters. The molecule has 30 heavy (non-hydrogen) atoms. The van der Waals surface area contributed by atoms with Crippen molar-refractivity contribution in [1.82, 2.24) is 35.0 Å². The van der Waals surface area contributed by atoms with Gasteiger partial charge in [-0.05, 0) is 33.0 Å². The zero-order chi connectivity index (χ0) is 21.1. The molecule has 1 atom stereocenters. The van der Waals surface area contributed by atoms with Crippen molar-refractivity contribution in [2.45, 2.75) is 19.9 Å². The number of aromatic nitrogens is 6. The normalized spacial score (nSPS) is 15.8. The fourth-order valence-electron chi connectivity index (χ4n) is 3.14. The zero-order valence-electron chi connectivity index (χ0n) is 17.2. The minimum absolute atomic E-state index is 0.214. The summed E-state index contributed by atoms with van der Waals surface area (Å²) in [6.45, 7) is 7.37. The van der Waals surface area contributed by atoms with E-state index in [4.69, 9.17) is 0 Å². The molecular weight excluding hydrogens is 387 g/mol. The molecule has 3 aromatic heterocycles. The van der Waals surface area contributed by atoms with Crippen LogP contribution in [0.15, 0.2) is 24.4 Å². The maximum atomic E-state index is 13.2. The van der Waals surface area contributed by atoms with Crippen LogP contribution < -0.4 is 15.5 Å². The Labute approximate surface area is 174 Å². The number of aryl methyl sites for hydroxylation is 1. The number of nitrogens with one attached hydrogen (secondary N) is 3. The van der Waals surface area contributed by atoms with Crippen molar-refractivity contribution in [2.75, 3.05) is 48.8 Å². The van der Waals surface area contributed by atoms with Crippen LogP contribution in [0.4, 0.5) is 28.1 Å². The van der Waals surface area contributed by atoms with Gasteiger partial charge in [0, 0.05) is 37.9 Å². The van der Waals surface area contributed by atoms with Crippen LogP contribution in [0.2, 0.25) is 0 Å². The summed E-state index contributed by atoms with van der Waals surface area (Å²) in [6, 6.07) is 4.68. The molecule has 4 rings (SSSR count). The molecule has 0 spiro atoms. The molecule has 4 heterocycles. The standard InChI is InChI=1S/C19H25FN10/c1-12-10-16(28-27-12)23-18-24-17(22-13(2)15-5-4-14(20)11-21-15)25-19(26-18)30-8-6-29(3)7-9-30/h4-5,10-11,13H,6-9H2,1-3H3,(H3,22,23,24,25,26,27,28)/t13-/m0/s1. The minimum Gasteiger partial charge on any atom is -0.346 e. The van der Waals surface area contributed by atoms with Gasteiger partial charge < -0.3 is 20.4 Å². The molecule has 3 aromatic rings. The van der Waals surface area contributed by atoms with Gasteiger partial charge in [0.15, 0.2) is 5.82 Å². The van der Waals surface area contributed by atoms with Gasteiger partial charge in [-0.1, -0.05) is 0 Å². The van der Waals surface area contributed by atoms with Crippen LogP contribution in [-0.4, -0.2) is 68.3 Å². The third-order valence-electron chi connectivity index (χ3n) is 4.90. The van der Waals surface area contributed by atoms with Crippen LogP contribution in [0.3, 0.4) is 0 Å². The van der Waals surface area contributed by atoms with E-state index in [2.05, 4.69) is 57.6 Å². The van der Waals surface area contributed by atoms with Gasteiger partial charge in [-0.3, -0.25) is 10.1 Å². The third-order valence-corrected chi connectivity index (χ3v) is 4.90. The van der Waals surface area contributed by atoms with Gasteiger partial charge >= 0.3 is 0 Å². The predicted molar refractivity (Wildman–Crippen MR) is 112 cm³/mol. The summed E-state index contributed by atoms with van der Waals surface area (Å²) in [4.78, 5) is 22.2. The molecule has 0 bridgehead atoms. The molecule has 158 valence electrons. The Morgan fingerprint density at radius 3 is 2.53 bits per heavy atom. The van der Waals surface area contributed by atoms with Crippen molar-refractivity contribution >= 4 is 23.7 Å². The van der Waals surface area contributed by atoms with E-state index in [0.717, 1.165) is 31.9 Å². The van der Waals surface area contributed by atoms with E-state index in [0.29, 0.717) is 29.4 Å². The number of piperazine rings is 1. The minimum atomic E-state index is -0.371. The van der Waals surface area contributed by atoms with E-state index in [1.54, 1.807) is 6.07 Å². The number of hydrogen-bond donors (Lipinski definition) is 3. The molecule has 0 aliphatic carbocycles. The van der Waals surface area contributed by atoms with E-state index < -0.39 is 0 Å². The van der Waals surface area contributed by atoms with E-state index in [9.17, 15) is 4.39 Å². The van der Waals surface area contributed by atoms with Crippen molar-refractivity contribution in [3.63, 3.8) is 0 Å². The number of rotatable bonds is 6. The van der Waals surface area contributed by atoms with E-state index >= 15 is 0 Å². The topological polar surface area (TPSA) is 111 Å². The monoisotopic (exact) mass is 412 g/mol. The number of aromatic amines is 1. The first-order chi connectivity index (χ1) is 14.5. The van der Waals surface area contributed by atoms with Crippen LogP contribution in [-0.2, 0) is 0 Å². The van der Waals surface area contributed by atoms with Crippen LogP contribution in [0.1, 0.15) is 24.4 Å². The van der Waals surface area contributed by atoms with Crippen molar-refractivity contribution in [1.29, 1.82) is 0 Å². The lowest BCUT2D eigenvalue weighted by Gasteiger charge is -2.32. The highest BCUT2D eigenvalue weighted by molar-refractivity contribution is 5.52. The Balaban J connectivity index is 1.59. The van der Waals surface area contributed by atoms with E-state index in [1.165, 1.54) is 12.3 Å². The predicted octanol–water partition coefficient (Wildman–Crippen LogP) is 2.11. The first kappa shape index (κ1) is 20.0. The Bertz CT molecular complexity index is 981. The van der Waals surface area contributed by atoms with Crippen molar-refractivity contribution < 1.29 is 4.39 Å². The highest BCUT2D eigenvalue weighted by Gasteiger charge is 2.20. The Hall–Kier alpha value is -3.34. The summed E-state index contributed by atoms with van der Waals surface area (Å²) in [6.07, 6.45) is 1.20. The van der Waals surface area contributed by atoms with E-state index in [-0.39, 0.29) is 11.9 Å². The molecular formula is C19H25FN10. The fourth-order valence-corrected chi connectivity index (χ4v) is 3.14. The quantitative estimate of drug-likeness (QED) is 0.560. The largest absolute Gasteiger partial charge is 0.346 e. The number of halogens is 1. The summed E-state index contributed by atoms with van der Waals surface area (Å²) in [5, 5.41) is 13.4. The van der Waals surface area contributed by atoms with Crippen molar-refractivity contribution in [3.8, 4) is 0 Å². The molecule has 1 aliphatic rings. The van der Waals surface area contributed by atoms with E-state index in [1.807, 2.05) is 19.9 Å². The second-order valence-electron chi connectivity index (χ2n) is 7.40. The second-order valence-corrected chi connectivity index (χ2v) is 7.40. The van der Waals surface area contributed by atoms with Gasteiger partial charge in [-0.25, -0.2) is 4.39 Å². The number of hydrogen-bond acceptors (Lipinski definition) is 9. The molecule has 3 N–H and O–H groups in total. The number of H-pyrrole nitrogens is 1. The summed E-state index contributed by atoms with van der Waals surface area (Å²) >= 11 is 0. The molecule has 0 saturated carbocycles. The van der Waals surface area contributed by atoms with Gasteiger partial charge in [-0.2, -0.15) is 20.1 Å². The number of nitrogens with zero attached hydrogens (tertiary/aromatic N) is 7. The number of likely N-dealkylation sites (N-methyl/N-ethyl adjacent to an activating group) is 1.